The Bertz CT molecular complexity index is 1260. The van der Waals surface area contributed by atoms with E-state index in [-0.39, 0.29) is 28.3 Å². The Morgan fingerprint density at radius 3 is 2.18 bits per heavy atom. The van der Waals surface area contributed by atoms with E-state index in [9.17, 15) is 18.0 Å². The summed E-state index contributed by atoms with van der Waals surface area (Å²) in [5, 5.41) is 0.285. The number of sulfonamides is 1. The summed E-state index contributed by atoms with van der Waals surface area (Å²) in [4.78, 5) is 31.0. The van der Waals surface area contributed by atoms with E-state index in [0.29, 0.717) is 29.8 Å². The van der Waals surface area contributed by atoms with Crippen LogP contribution >= 0.6 is 11.6 Å². The highest BCUT2D eigenvalue weighted by atomic mass is 35.5. The number of piperazine rings is 1. The Morgan fingerprint density at radius 2 is 1.58 bits per heavy atom. The topological polar surface area (TPSA) is 87.7 Å². The second kappa shape index (κ2) is 9.43. The predicted octanol–water partition coefficient (Wildman–Crippen LogP) is 3.50. The zero-order valence-electron chi connectivity index (χ0n) is 17.9. The molecule has 0 bridgehead atoms. The van der Waals surface area contributed by atoms with Crippen LogP contribution in [0.2, 0.25) is 5.15 Å². The zero-order chi connectivity index (χ0) is 23.6. The molecule has 0 saturated carbocycles. The van der Waals surface area contributed by atoms with Crippen LogP contribution in [0.1, 0.15) is 33.2 Å². The summed E-state index contributed by atoms with van der Waals surface area (Å²) in [5.74, 6) is -0.386. The van der Waals surface area contributed by atoms with Crippen molar-refractivity contribution in [3.8, 4) is 0 Å². The molecule has 1 saturated heterocycles. The molecule has 0 radical (unpaired) electrons. The van der Waals surface area contributed by atoms with Crippen LogP contribution in [0.15, 0.2) is 77.8 Å². The molecule has 2 aromatic carbocycles. The van der Waals surface area contributed by atoms with Crippen molar-refractivity contribution in [2.75, 3.05) is 19.6 Å². The van der Waals surface area contributed by atoms with Gasteiger partial charge in [-0.15, -0.1) is 0 Å². The van der Waals surface area contributed by atoms with Crippen LogP contribution in [0.4, 0.5) is 0 Å². The van der Waals surface area contributed by atoms with Crippen molar-refractivity contribution in [3.05, 3.63) is 94.8 Å². The van der Waals surface area contributed by atoms with Crippen LogP contribution in [-0.4, -0.2) is 60.0 Å². The molecular formula is C24H22ClN3O4S. The van der Waals surface area contributed by atoms with E-state index in [1.807, 2.05) is 6.07 Å². The number of hydrogen-bond donors (Lipinski definition) is 0. The number of ketones is 1. The van der Waals surface area contributed by atoms with E-state index in [1.165, 1.54) is 40.8 Å². The Kier molecular flexibility index (Phi) is 6.60. The maximum absolute atomic E-state index is 13.2. The van der Waals surface area contributed by atoms with Crippen LogP contribution in [0, 0.1) is 0 Å². The lowest BCUT2D eigenvalue weighted by Crippen LogP contribution is -2.55. The largest absolute Gasteiger partial charge is 0.336 e. The highest BCUT2D eigenvalue weighted by molar-refractivity contribution is 7.89. The molecule has 1 amide bonds. The van der Waals surface area contributed by atoms with Gasteiger partial charge in [-0.3, -0.25) is 9.59 Å². The number of aromatic nitrogens is 1. The predicted molar refractivity (Wildman–Crippen MR) is 125 cm³/mol. The molecule has 33 heavy (non-hydrogen) atoms. The minimum absolute atomic E-state index is 0.1000. The number of amides is 1. The second-order valence-corrected chi connectivity index (χ2v) is 10.1. The van der Waals surface area contributed by atoms with Crippen molar-refractivity contribution in [1.82, 2.24) is 14.2 Å². The van der Waals surface area contributed by atoms with Gasteiger partial charge in [-0.1, -0.05) is 29.8 Å². The van der Waals surface area contributed by atoms with E-state index < -0.39 is 16.1 Å². The zero-order valence-corrected chi connectivity index (χ0v) is 19.5. The third-order valence-corrected chi connectivity index (χ3v) is 7.84. The SMILES string of the molecule is CC1CN(C(=O)c2ccccc2)CCN1S(=O)(=O)c1ccc(C(=O)c2ccc(Cl)nc2)cc1. The Hall–Kier alpha value is -3.07. The third-order valence-electron chi connectivity index (χ3n) is 5.59. The highest BCUT2D eigenvalue weighted by Gasteiger charge is 2.35. The molecule has 1 fully saturated rings. The number of hydrogen-bond acceptors (Lipinski definition) is 5. The fourth-order valence-corrected chi connectivity index (χ4v) is 5.56. The fourth-order valence-electron chi connectivity index (χ4n) is 3.84. The molecular weight excluding hydrogens is 462 g/mol. The third kappa shape index (κ3) is 4.83. The van der Waals surface area contributed by atoms with Crippen LogP contribution in [0.3, 0.4) is 0 Å². The molecule has 1 aliphatic heterocycles. The molecule has 9 heteroatoms. The first-order chi connectivity index (χ1) is 15.8. The summed E-state index contributed by atoms with van der Waals surface area (Å²) in [6.07, 6.45) is 1.38. The molecule has 0 aliphatic carbocycles. The Morgan fingerprint density at radius 1 is 0.909 bits per heavy atom. The minimum atomic E-state index is -3.78. The lowest BCUT2D eigenvalue weighted by molar-refractivity contribution is 0.0642. The van der Waals surface area contributed by atoms with Gasteiger partial charge in [0.05, 0.1) is 4.90 Å². The van der Waals surface area contributed by atoms with E-state index in [1.54, 1.807) is 42.2 Å². The Labute approximate surface area is 197 Å². The summed E-state index contributed by atoms with van der Waals surface area (Å²) in [5.41, 5.74) is 1.30. The smallest absolute Gasteiger partial charge is 0.253 e. The summed E-state index contributed by atoms with van der Waals surface area (Å²) in [7, 11) is -3.78. The van der Waals surface area contributed by atoms with Gasteiger partial charge in [0.15, 0.2) is 5.78 Å². The average molecular weight is 484 g/mol. The molecule has 0 spiro atoms. The first kappa shape index (κ1) is 23.1. The maximum atomic E-state index is 13.2. The van der Waals surface area contributed by atoms with E-state index in [0.717, 1.165) is 0 Å². The highest BCUT2D eigenvalue weighted by Crippen LogP contribution is 2.23. The quantitative estimate of drug-likeness (QED) is 0.409. The Balaban J connectivity index is 1.47. The monoisotopic (exact) mass is 483 g/mol. The molecule has 2 heterocycles. The maximum Gasteiger partial charge on any atom is 0.253 e. The number of rotatable bonds is 5. The first-order valence-electron chi connectivity index (χ1n) is 10.4. The van der Waals surface area contributed by atoms with Crippen LogP contribution in [-0.2, 0) is 10.0 Å². The number of nitrogens with zero attached hydrogens (tertiary/aromatic N) is 3. The number of carbonyl (C=O) groups is 2. The van der Waals surface area contributed by atoms with Gasteiger partial charge in [0, 0.05) is 48.6 Å². The fraction of sp³-hybridized carbons (Fsp3) is 0.208. The van der Waals surface area contributed by atoms with Crippen molar-refractivity contribution >= 4 is 33.3 Å². The molecule has 1 aromatic heterocycles. The van der Waals surface area contributed by atoms with Crippen molar-refractivity contribution < 1.29 is 18.0 Å². The second-order valence-electron chi connectivity index (χ2n) is 7.81. The standard InChI is InChI=1S/C24H22ClN3O4S/c1-17-16-27(24(30)19-5-3-2-4-6-19)13-14-28(17)33(31,32)21-10-7-18(8-11-21)23(29)20-9-12-22(25)26-15-20/h2-12,15,17H,13-14,16H2,1H3. The van der Waals surface area contributed by atoms with Gasteiger partial charge in [-0.25, -0.2) is 13.4 Å². The lowest BCUT2D eigenvalue weighted by atomic mass is 10.1. The van der Waals surface area contributed by atoms with Gasteiger partial charge in [0.1, 0.15) is 5.15 Å². The van der Waals surface area contributed by atoms with Gasteiger partial charge in [-0.05, 0) is 55.5 Å². The molecule has 3 aromatic rings. The van der Waals surface area contributed by atoms with Gasteiger partial charge >= 0.3 is 0 Å². The molecule has 170 valence electrons. The van der Waals surface area contributed by atoms with Gasteiger partial charge < -0.3 is 4.90 Å². The van der Waals surface area contributed by atoms with Crippen molar-refractivity contribution in [3.63, 3.8) is 0 Å². The number of carbonyl (C=O) groups excluding carboxylic acids is 2. The van der Waals surface area contributed by atoms with Crippen LogP contribution in [0.5, 0.6) is 0 Å². The van der Waals surface area contributed by atoms with E-state index in [2.05, 4.69) is 4.98 Å². The van der Waals surface area contributed by atoms with Gasteiger partial charge in [0.2, 0.25) is 10.0 Å². The summed E-state index contributed by atoms with van der Waals surface area (Å²) in [6.45, 7) is 2.58. The minimum Gasteiger partial charge on any atom is -0.336 e. The number of halogens is 1. The van der Waals surface area contributed by atoms with Gasteiger partial charge in [-0.2, -0.15) is 4.31 Å². The van der Waals surface area contributed by atoms with Gasteiger partial charge in [0.25, 0.3) is 5.91 Å². The first-order valence-corrected chi connectivity index (χ1v) is 12.2. The van der Waals surface area contributed by atoms with Crippen LogP contribution < -0.4 is 0 Å². The summed E-state index contributed by atoms with van der Waals surface area (Å²) in [6, 6.07) is 17.5. The van der Waals surface area contributed by atoms with E-state index in [4.69, 9.17) is 11.6 Å². The molecule has 1 unspecified atom stereocenters. The van der Waals surface area contributed by atoms with Crippen molar-refractivity contribution in [1.29, 1.82) is 0 Å². The van der Waals surface area contributed by atoms with Crippen LogP contribution in [0.25, 0.3) is 0 Å². The molecule has 7 nitrogen and oxygen atoms in total. The summed E-state index contributed by atoms with van der Waals surface area (Å²) < 4.78 is 27.9. The normalized spacial score (nSPS) is 17.0. The number of benzene rings is 2. The van der Waals surface area contributed by atoms with Crippen molar-refractivity contribution in [2.45, 2.75) is 17.9 Å². The average Bonchev–Trinajstić information content (AvgIpc) is 2.84. The van der Waals surface area contributed by atoms with Crippen molar-refractivity contribution in [2.24, 2.45) is 0 Å². The molecule has 4 rings (SSSR count). The van der Waals surface area contributed by atoms with E-state index >= 15 is 0 Å². The molecule has 1 aliphatic rings. The molecule has 1 atom stereocenters. The summed E-state index contributed by atoms with van der Waals surface area (Å²) >= 11 is 5.76. The lowest BCUT2D eigenvalue weighted by Gasteiger charge is -2.39. The molecule has 0 N–H and O–H groups in total. The number of pyridine rings is 1.